The SMILES string of the molecule is Cc1ccc(S(=O)(=O)N2CCNC[C@@H]2CCc2c(F)cccc2CC(=O)[C@@H](N)[C@@H](c2ccc(F)cc2)c2cc(F)cc(F)c2)o1. The number of halogens is 4. The molecule has 3 N–H and O–H groups in total. The fraction of sp³-hybridized carbons (Fsp3) is 0.303. The zero-order valence-corrected chi connectivity index (χ0v) is 25.3. The number of hydrogen-bond donors (Lipinski definition) is 2. The van der Waals surface area contributed by atoms with Gasteiger partial charge in [0.25, 0.3) is 10.0 Å². The number of nitrogens with two attached hydrogens (primary N) is 1. The van der Waals surface area contributed by atoms with Gasteiger partial charge in [0.05, 0.1) is 6.04 Å². The second kappa shape index (κ2) is 13.7. The number of furan rings is 1. The summed E-state index contributed by atoms with van der Waals surface area (Å²) in [5.74, 6) is -3.90. The number of sulfonamides is 1. The van der Waals surface area contributed by atoms with Gasteiger partial charge in [-0.2, -0.15) is 4.31 Å². The Morgan fingerprint density at radius 1 is 0.978 bits per heavy atom. The van der Waals surface area contributed by atoms with Crippen LogP contribution < -0.4 is 11.1 Å². The van der Waals surface area contributed by atoms with Gasteiger partial charge in [0.1, 0.15) is 29.0 Å². The minimum absolute atomic E-state index is 0.0947. The Kier molecular flexibility index (Phi) is 9.88. The van der Waals surface area contributed by atoms with Crippen molar-refractivity contribution in [2.45, 2.75) is 49.3 Å². The lowest BCUT2D eigenvalue weighted by Gasteiger charge is -2.34. The molecule has 12 heteroatoms. The smallest absolute Gasteiger partial charge is 0.276 e. The molecule has 0 saturated carbocycles. The fourth-order valence-corrected chi connectivity index (χ4v) is 7.47. The van der Waals surface area contributed by atoms with Crippen LogP contribution in [-0.2, 0) is 27.7 Å². The highest BCUT2D eigenvalue weighted by molar-refractivity contribution is 7.89. The maximum Gasteiger partial charge on any atom is 0.276 e. The number of nitrogens with zero attached hydrogens (tertiary/aromatic N) is 1. The largest absolute Gasteiger partial charge is 0.449 e. The number of benzene rings is 3. The van der Waals surface area contributed by atoms with Crippen LogP contribution in [0.4, 0.5) is 17.6 Å². The normalized spacial score (nSPS) is 17.2. The van der Waals surface area contributed by atoms with Gasteiger partial charge >= 0.3 is 0 Å². The summed E-state index contributed by atoms with van der Waals surface area (Å²) >= 11 is 0. The molecule has 0 spiro atoms. The van der Waals surface area contributed by atoms with Crippen molar-refractivity contribution in [3.05, 3.63) is 124 Å². The number of Topliss-reactive ketones (excluding diaryl/α,β-unsaturated/α-hetero) is 1. The lowest BCUT2D eigenvalue weighted by Crippen LogP contribution is -2.53. The third-order valence-corrected chi connectivity index (χ3v) is 9.91. The van der Waals surface area contributed by atoms with Crippen molar-refractivity contribution >= 4 is 15.8 Å². The van der Waals surface area contributed by atoms with Crippen molar-refractivity contribution in [1.82, 2.24) is 9.62 Å². The number of piperazine rings is 1. The van der Waals surface area contributed by atoms with Crippen LogP contribution in [-0.4, -0.2) is 50.2 Å². The van der Waals surface area contributed by atoms with Crippen molar-refractivity contribution in [2.24, 2.45) is 5.73 Å². The monoisotopic (exact) mass is 643 g/mol. The summed E-state index contributed by atoms with van der Waals surface area (Å²) in [6.45, 7) is 2.64. The molecule has 0 aliphatic carbocycles. The van der Waals surface area contributed by atoms with E-state index >= 15 is 4.39 Å². The first-order valence-corrected chi connectivity index (χ1v) is 15.9. The van der Waals surface area contributed by atoms with E-state index in [1.54, 1.807) is 19.1 Å². The number of ketones is 1. The molecule has 3 aromatic carbocycles. The van der Waals surface area contributed by atoms with Crippen LogP contribution in [0.1, 0.15) is 40.4 Å². The van der Waals surface area contributed by atoms with Crippen LogP contribution in [0, 0.1) is 30.2 Å². The molecule has 1 fully saturated rings. The summed E-state index contributed by atoms with van der Waals surface area (Å²) in [5.41, 5.74) is 7.51. The summed E-state index contributed by atoms with van der Waals surface area (Å²) in [6.07, 6.45) is 0.0811. The molecular weight excluding hydrogens is 610 g/mol. The quantitative estimate of drug-likeness (QED) is 0.223. The van der Waals surface area contributed by atoms with Gasteiger partial charge < -0.3 is 15.5 Å². The Labute approximate surface area is 259 Å². The van der Waals surface area contributed by atoms with Gasteiger partial charge in [-0.15, -0.1) is 0 Å². The van der Waals surface area contributed by atoms with Crippen molar-refractivity contribution in [1.29, 1.82) is 0 Å². The summed E-state index contributed by atoms with van der Waals surface area (Å²) in [5, 5.41) is 3.02. The van der Waals surface area contributed by atoms with E-state index in [0.717, 1.165) is 24.3 Å². The summed E-state index contributed by atoms with van der Waals surface area (Å²) in [6, 6.07) is 13.4. The van der Waals surface area contributed by atoms with Crippen molar-refractivity contribution in [3.63, 3.8) is 0 Å². The standard InChI is InChI=1S/C33H33F4N3O4S/c1-20-5-12-31(44-20)45(42,43)40-14-13-39-19-27(40)10-11-28-22(3-2-4-29(28)37)17-30(41)33(38)32(21-6-8-24(34)9-7-21)23-15-25(35)18-26(36)16-23/h2-9,12,15-16,18,27,32-33,39H,10-11,13-14,17,19,38H2,1H3/t27-,32-,33+/m0/s1. The zero-order valence-electron chi connectivity index (χ0n) is 24.5. The Hall–Kier alpha value is -3.84. The van der Waals surface area contributed by atoms with Gasteiger partial charge in [0.2, 0.25) is 5.09 Å². The second-order valence-electron chi connectivity index (χ2n) is 11.2. The number of rotatable bonds is 11. The summed E-state index contributed by atoms with van der Waals surface area (Å²) in [7, 11) is -3.93. The van der Waals surface area contributed by atoms with Crippen molar-refractivity contribution in [2.75, 3.05) is 19.6 Å². The number of aryl methyl sites for hydroxylation is 1. The van der Waals surface area contributed by atoms with E-state index < -0.39 is 57.1 Å². The van der Waals surface area contributed by atoms with Gasteiger partial charge in [-0.05, 0) is 84.5 Å². The van der Waals surface area contributed by atoms with Crippen LogP contribution in [0.3, 0.4) is 0 Å². The molecule has 4 aromatic rings. The highest BCUT2D eigenvalue weighted by Gasteiger charge is 2.36. The molecule has 238 valence electrons. The molecule has 3 atom stereocenters. The topological polar surface area (TPSA) is 106 Å². The first kappa shape index (κ1) is 32.6. The molecule has 1 saturated heterocycles. The molecule has 0 bridgehead atoms. The van der Waals surface area contributed by atoms with Gasteiger partial charge in [-0.25, -0.2) is 26.0 Å². The molecule has 7 nitrogen and oxygen atoms in total. The fourth-order valence-electron chi connectivity index (χ4n) is 5.85. The van der Waals surface area contributed by atoms with Crippen LogP contribution in [0.25, 0.3) is 0 Å². The minimum Gasteiger partial charge on any atom is -0.449 e. The van der Waals surface area contributed by atoms with E-state index in [1.165, 1.54) is 34.6 Å². The lowest BCUT2D eigenvalue weighted by atomic mass is 9.82. The third-order valence-electron chi connectivity index (χ3n) is 8.09. The molecule has 1 aromatic heterocycles. The molecule has 2 heterocycles. The third kappa shape index (κ3) is 7.36. The average Bonchev–Trinajstić information content (AvgIpc) is 3.45. The van der Waals surface area contributed by atoms with E-state index in [9.17, 15) is 26.4 Å². The molecule has 1 aliphatic heterocycles. The Morgan fingerprint density at radius 3 is 2.36 bits per heavy atom. The lowest BCUT2D eigenvalue weighted by molar-refractivity contribution is -0.119. The molecule has 1 aliphatic rings. The number of carbonyl (C=O) groups is 1. The Morgan fingerprint density at radius 2 is 1.69 bits per heavy atom. The van der Waals surface area contributed by atoms with Crippen molar-refractivity contribution in [3.8, 4) is 0 Å². The van der Waals surface area contributed by atoms with Gasteiger partial charge in [0, 0.05) is 44.1 Å². The Balaban J connectivity index is 1.38. The molecule has 5 rings (SSSR count). The van der Waals surface area contributed by atoms with Crippen LogP contribution >= 0.6 is 0 Å². The number of carbonyl (C=O) groups excluding carboxylic acids is 1. The highest BCUT2D eigenvalue weighted by Crippen LogP contribution is 2.31. The minimum atomic E-state index is -3.93. The summed E-state index contributed by atoms with van der Waals surface area (Å²) in [4.78, 5) is 13.6. The molecular formula is C33H33F4N3O4S. The van der Waals surface area contributed by atoms with E-state index in [1.807, 2.05) is 0 Å². The van der Waals surface area contributed by atoms with Crippen LogP contribution in [0.5, 0.6) is 0 Å². The van der Waals surface area contributed by atoms with E-state index in [4.69, 9.17) is 10.2 Å². The van der Waals surface area contributed by atoms with Gasteiger partial charge in [-0.3, -0.25) is 4.79 Å². The van der Waals surface area contributed by atoms with Gasteiger partial charge in [0.15, 0.2) is 5.78 Å². The maximum atomic E-state index is 15.2. The molecule has 0 radical (unpaired) electrons. The number of nitrogens with one attached hydrogen (secondary N) is 1. The number of hydrogen-bond acceptors (Lipinski definition) is 6. The first-order valence-electron chi connectivity index (χ1n) is 14.5. The maximum absolute atomic E-state index is 15.2. The molecule has 0 unspecified atom stereocenters. The predicted molar refractivity (Wildman–Crippen MR) is 160 cm³/mol. The molecule has 0 amide bonds. The zero-order chi connectivity index (χ0) is 32.3. The first-order chi connectivity index (χ1) is 21.4. The van der Waals surface area contributed by atoms with Crippen LogP contribution in [0.15, 0.2) is 82.3 Å². The van der Waals surface area contributed by atoms with E-state index in [2.05, 4.69) is 5.32 Å². The van der Waals surface area contributed by atoms with Gasteiger partial charge in [-0.1, -0.05) is 24.3 Å². The van der Waals surface area contributed by atoms with Crippen molar-refractivity contribution < 1.29 is 35.2 Å². The second-order valence-corrected chi connectivity index (χ2v) is 13.0. The average molecular weight is 644 g/mol. The summed E-state index contributed by atoms with van der Waals surface area (Å²) < 4.78 is 90.8. The molecule has 45 heavy (non-hydrogen) atoms. The predicted octanol–water partition coefficient (Wildman–Crippen LogP) is 5.01. The van der Waals surface area contributed by atoms with E-state index in [0.29, 0.717) is 36.0 Å². The Bertz CT molecular complexity index is 1760. The van der Waals surface area contributed by atoms with Crippen LogP contribution in [0.2, 0.25) is 0 Å². The van der Waals surface area contributed by atoms with E-state index in [-0.39, 0.29) is 42.0 Å². The highest BCUT2D eigenvalue weighted by atomic mass is 32.2.